The van der Waals surface area contributed by atoms with Crippen molar-refractivity contribution in [3.05, 3.63) is 18.1 Å². The summed E-state index contributed by atoms with van der Waals surface area (Å²) < 4.78 is 0. The maximum atomic E-state index is 10.9. The van der Waals surface area contributed by atoms with Gasteiger partial charge in [-0.3, -0.25) is 9.78 Å². The molecule has 0 unspecified atom stereocenters. The highest BCUT2D eigenvalue weighted by Crippen LogP contribution is 2.48. The van der Waals surface area contributed by atoms with Crippen molar-refractivity contribution >= 4 is 11.7 Å². The molecule has 6 nitrogen and oxygen atoms in total. The topological polar surface area (TPSA) is 101 Å². The van der Waals surface area contributed by atoms with E-state index in [2.05, 4.69) is 15.3 Å². The van der Waals surface area contributed by atoms with Crippen LogP contribution in [0.15, 0.2) is 12.4 Å². The number of hydrogen-bond acceptors (Lipinski definition) is 5. The van der Waals surface area contributed by atoms with Gasteiger partial charge < -0.3 is 16.2 Å². The third kappa shape index (κ3) is 2.91. The number of hydrogen-bond donors (Lipinski definition) is 3. The second-order valence-electron chi connectivity index (χ2n) is 4.48. The maximum absolute atomic E-state index is 10.9. The van der Waals surface area contributed by atoms with Crippen LogP contribution in [0.5, 0.6) is 0 Å². The van der Waals surface area contributed by atoms with Gasteiger partial charge in [0.25, 0.3) is 5.91 Å². The van der Waals surface area contributed by atoms with Gasteiger partial charge in [0.15, 0.2) is 0 Å². The highest BCUT2D eigenvalue weighted by atomic mass is 16.3. The number of carbonyl (C=O) groups excluding carboxylic acids is 1. The van der Waals surface area contributed by atoms with E-state index in [0.29, 0.717) is 5.82 Å². The predicted molar refractivity (Wildman–Crippen MR) is 62.4 cm³/mol. The van der Waals surface area contributed by atoms with Crippen LogP contribution in [0.2, 0.25) is 0 Å². The number of anilines is 1. The predicted octanol–water partition coefficient (Wildman–Crippen LogP) is 0.150. The normalized spacial score (nSPS) is 16.5. The third-order valence-electron chi connectivity index (χ3n) is 3.13. The van der Waals surface area contributed by atoms with Crippen molar-refractivity contribution < 1.29 is 9.90 Å². The molecule has 1 heterocycles. The van der Waals surface area contributed by atoms with Gasteiger partial charge in [0, 0.05) is 13.2 Å². The van der Waals surface area contributed by atoms with Crippen LogP contribution < -0.4 is 11.1 Å². The van der Waals surface area contributed by atoms with Crippen molar-refractivity contribution in [3.8, 4) is 0 Å². The lowest BCUT2D eigenvalue weighted by atomic mass is 10.0. The maximum Gasteiger partial charge on any atom is 0.268 e. The van der Waals surface area contributed by atoms with E-state index >= 15 is 0 Å². The van der Waals surface area contributed by atoms with Crippen LogP contribution in [0, 0.1) is 5.41 Å². The Morgan fingerprint density at radius 3 is 2.88 bits per heavy atom. The van der Waals surface area contributed by atoms with E-state index in [0.717, 1.165) is 25.8 Å². The zero-order valence-electron chi connectivity index (χ0n) is 9.52. The molecule has 0 radical (unpaired) electrons. The summed E-state index contributed by atoms with van der Waals surface area (Å²) in [4.78, 5) is 18.9. The minimum atomic E-state index is -0.586. The minimum absolute atomic E-state index is 0.155. The van der Waals surface area contributed by atoms with Gasteiger partial charge in [0.05, 0.1) is 12.4 Å². The quantitative estimate of drug-likeness (QED) is 0.652. The summed E-state index contributed by atoms with van der Waals surface area (Å²) in [6.45, 7) is 0.944. The number of aliphatic hydroxyl groups excluding tert-OH is 1. The summed E-state index contributed by atoms with van der Waals surface area (Å²) >= 11 is 0. The fourth-order valence-electron chi connectivity index (χ4n) is 1.78. The smallest absolute Gasteiger partial charge is 0.268 e. The lowest BCUT2D eigenvalue weighted by molar-refractivity contribution is 0.0995. The number of nitrogens with zero attached hydrogens (tertiary/aromatic N) is 2. The summed E-state index contributed by atoms with van der Waals surface area (Å²) in [7, 11) is 0. The van der Waals surface area contributed by atoms with Crippen LogP contribution in [-0.4, -0.2) is 34.1 Å². The molecule has 4 N–H and O–H groups in total. The summed E-state index contributed by atoms with van der Waals surface area (Å²) in [5.41, 5.74) is 5.47. The fraction of sp³-hybridized carbons (Fsp3) is 0.545. The van der Waals surface area contributed by atoms with Gasteiger partial charge in [-0.05, 0) is 24.7 Å². The first-order valence-corrected chi connectivity index (χ1v) is 5.62. The van der Waals surface area contributed by atoms with Crippen LogP contribution in [0.25, 0.3) is 0 Å². The van der Waals surface area contributed by atoms with Crippen LogP contribution in [0.4, 0.5) is 5.82 Å². The molecule has 1 saturated carbocycles. The van der Waals surface area contributed by atoms with Crippen LogP contribution >= 0.6 is 0 Å². The van der Waals surface area contributed by atoms with Crippen molar-refractivity contribution in [2.45, 2.75) is 19.3 Å². The van der Waals surface area contributed by atoms with Gasteiger partial charge in [-0.15, -0.1) is 0 Å². The second-order valence-corrected chi connectivity index (χ2v) is 4.48. The molecule has 1 aliphatic rings. The van der Waals surface area contributed by atoms with E-state index in [-0.39, 0.29) is 17.7 Å². The number of nitrogens with one attached hydrogen (secondary N) is 1. The molecule has 6 heteroatoms. The average molecular weight is 236 g/mol. The van der Waals surface area contributed by atoms with E-state index in [1.807, 2.05) is 0 Å². The molecule has 1 fully saturated rings. The third-order valence-corrected chi connectivity index (χ3v) is 3.13. The zero-order chi connectivity index (χ0) is 12.3. The van der Waals surface area contributed by atoms with Gasteiger partial charge in [-0.25, -0.2) is 4.98 Å². The standard InChI is InChI=1S/C11H16N4O2/c12-10(17)8-5-13-6-9(15-8)14-7-11(1-2-11)3-4-16/h5-6,16H,1-4,7H2,(H2,12,17)(H,14,15). The van der Waals surface area contributed by atoms with Crippen molar-refractivity contribution in [2.24, 2.45) is 11.1 Å². The first kappa shape index (κ1) is 11.8. The number of aliphatic hydroxyl groups is 1. The molecule has 1 aromatic heterocycles. The molecule has 0 saturated heterocycles. The second kappa shape index (κ2) is 4.67. The molecule has 2 rings (SSSR count). The molecule has 1 amide bonds. The number of primary amides is 1. The summed E-state index contributed by atoms with van der Waals surface area (Å²) in [5.74, 6) is -0.0387. The number of carbonyl (C=O) groups is 1. The molecule has 0 spiro atoms. The van der Waals surface area contributed by atoms with Crippen LogP contribution in [0.1, 0.15) is 29.8 Å². The monoisotopic (exact) mass is 236 g/mol. The molecule has 0 atom stereocenters. The van der Waals surface area contributed by atoms with Gasteiger partial charge in [0.1, 0.15) is 11.5 Å². The molecule has 0 aromatic carbocycles. The first-order valence-electron chi connectivity index (χ1n) is 5.62. The molecule has 1 aliphatic carbocycles. The molecular formula is C11H16N4O2. The SMILES string of the molecule is NC(=O)c1cncc(NCC2(CCO)CC2)n1. The molecular weight excluding hydrogens is 220 g/mol. The van der Waals surface area contributed by atoms with Gasteiger partial charge in [0.2, 0.25) is 0 Å². The Morgan fingerprint density at radius 2 is 2.29 bits per heavy atom. The van der Waals surface area contributed by atoms with Crippen LogP contribution in [-0.2, 0) is 0 Å². The Labute approximate surface area is 99.3 Å². The van der Waals surface area contributed by atoms with E-state index in [9.17, 15) is 4.79 Å². The fourth-order valence-corrected chi connectivity index (χ4v) is 1.78. The Balaban J connectivity index is 1.95. The van der Waals surface area contributed by atoms with Crippen molar-refractivity contribution in [1.82, 2.24) is 9.97 Å². The van der Waals surface area contributed by atoms with Gasteiger partial charge >= 0.3 is 0 Å². The van der Waals surface area contributed by atoms with Crippen LogP contribution in [0.3, 0.4) is 0 Å². The van der Waals surface area contributed by atoms with E-state index < -0.39 is 5.91 Å². The molecule has 0 aliphatic heterocycles. The highest BCUT2D eigenvalue weighted by Gasteiger charge is 2.41. The Kier molecular flexibility index (Phi) is 3.23. The van der Waals surface area contributed by atoms with E-state index in [1.165, 1.54) is 6.20 Å². The average Bonchev–Trinajstić information content (AvgIpc) is 3.08. The molecule has 0 bridgehead atoms. The number of nitrogens with two attached hydrogens (primary N) is 1. The summed E-state index contributed by atoms with van der Waals surface area (Å²) in [5, 5.41) is 12.1. The zero-order valence-corrected chi connectivity index (χ0v) is 9.52. The molecule has 1 aromatic rings. The lowest BCUT2D eigenvalue weighted by Gasteiger charge is -2.14. The number of rotatable bonds is 6. The van der Waals surface area contributed by atoms with Crippen molar-refractivity contribution in [2.75, 3.05) is 18.5 Å². The van der Waals surface area contributed by atoms with Crippen molar-refractivity contribution in [1.29, 1.82) is 0 Å². The Hall–Kier alpha value is -1.69. The lowest BCUT2D eigenvalue weighted by Crippen LogP contribution is -2.19. The summed E-state index contributed by atoms with van der Waals surface area (Å²) in [6.07, 6.45) is 5.92. The van der Waals surface area contributed by atoms with Gasteiger partial charge in [-0.2, -0.15) is 0 Å². The van der Waals surface area contributed by atoms with E-state index in [1.54, 1.807) is 6.20 Å². The molecule has 17 heavy (non-hydrogen) atoms. The number of aromatic nitrogens is 2. The Morgan fingerprint density at radius 1 is 1.53 bits per heavy atom. The number of amides is 1. The van der Waals surface area contributed by atoms with E-state index in [4.69, 9.17) is 10.8 Å². The summed E-state index contributed by atoms with van der Waals surface area (Å²) in [6, 6.07) is 0. The van der Waals surface area contributed by atoms with Gasteiger partial charge in [-0.1, -0.05) is 0 Å². The Bertz CT molecular complexity index is 418. The largest absolute Gasteiger partial charge is 0.396 e. The highest BCUT2D eigenvalue weighted by molar-refractivity contribution is 5.90. The van der Waals surface area contributed by atoms with Crippen molar-refractivity contribution in [3.63, 3.8) is 0 Å². The minimum Gasteiger partial charge on any atom is -0.396 e. The first-order chi connectivity index (χ1) is 8.15. The molecule has 92 valence electrons.